The molecule has 1 atom stereocenters. The molecule has 0 spiro atoms. The molecule has 0 fully saturated rings. The molecule has 7 nitrogen and oxygen atoms in total. The number of fused-ring (bicyclic) bond motifs is 1. The Hall–Kier alpha value is -3.61. The second kappa shape index (κ2) is 7.67. The number of amides is 1. The van der Waals surface area contributed by atoms with Gasteiger partial charge in [0.2, 0.25) is 5.91 Å². The summed E-state index contributed by atoms with van der Waals surface area (Å²) in [5, 5.41) is 7.57. The van der Waals surface area contributed by atoms with E-state index in [4.69, 9.17) is 9.47 Å². The number of anilines is 1. The first-order chi connectivity index (χ1) is 14.4. The Morgan fingerprint density at radius 2 is 1.83 bits per heavy atom. The molecule has 4 rings (SSSR count). The van der Waals surface area contributed by atoms with Gasteiger partial charge in [0.25, 0.3) is 0 Å². The normalized spacial score (nSPS) is 15.3. The van der Waals surface area contributed by atoms with Crippen LogP contribution in [0.5, 0.6) is 11.5 Å². The highest BCUT2D eigenvalue weighted by atomic mass is 16.5. The maximum atomic E-state index is 13.4. The summed E-state index contributed by atoms with van der Waals surface area (Å²) in [5.41, 5.74) is 3.80. The minimum atomic E-state index is -0.621. The second-order valence-corrected chi connectivity index (χ2v) is 7.28. The SMILES string of the molecule is COc1ccc(C(=O)C2CC(=O)Nc3c2c(C)nn3-c2ccccc2C)cc1OC. The Morgan fingerprint density at radius 3 is 2.53 bits per heavy atom. The van der Waals surface area contributed by atoms with Crippen LogP contribution in [-0.2, 0) is 4.79 Å². The predicted molar refractivity (Wildman–Crippen MR) is 113 cm³/mol. The molecular formula is C23H23N3O4. The summed E-state index contributed by atoms with van der Waals surface area (Å²) in [5.74, 6) is 0.577. The first-order valence-corrected chi connectivity index (χ1v) is 9.66. The number of aryl methyl sites for hydroxylation is 2. The van der Waals surface area contributed by atoms with E-state index >= 15 is 0 Å². The minimum Gasteiger partial charge on any atom is -0.493 e. The van der Waals surface area contributed by atoms with Crippen LogP contribution < -0.4 is 14.8 Å². The Labute approximate surface area is 174 Å². The van der Waals surface area contributed by atoms with E-state index < -0.39 is 5.92 Å². The lowest BCUT2D eigenvalue weighted by Gasteiger charge is -2.23. The number of ether oxygens (including phenoxy) is 2. The van der Waals surface area contributed by atoms with E-state index in [9.17, 15) is 9.59 Å². The highest BCUT2D eigenvalue weighted by molar-refractivity contribution is 6.08. The summed E-state index contributed by atoms with van der Waals surface area (Å²) in [6.45, 7) is 3.84. The quantitative estimate of drug-likeness (QED) is 0.653. The van der Waals surface area contributed by atoms with Gasteiger partial charge in [0.1, 0.15) is 5.82 Å². The Morgan fingerprint density at radius 1 is 1.10 bits per heavy atom. The van der Waals surface area contributed by atoms with Gasteiger partial charge in [-0.25, -0.2) is 4.68 Å². The number of nitrogens with zero attached hydrogens (tertiary/aromatic N) is 2. The van der Waals surface area contributed by atoms with Crippen molar-refractivity contribution in [2.75, 3.05) is 19.5 Å². The van der Waals surface area contributed by atoms with Crippen LogP contribution in [0.15, 0.2) is 42.5 Å². The summed E-state index contributed by atoms with van der Waals surface area (Å²) >= 11 is 0. The molecule has 154 valence electrons. The molecule has 2 heterocycles. The van der Waals surface area contributed by atoms with Gasteiger partial charge >= 0.3 is 0 Å². The smallest absolute Gasteiger partial charge is 0.226 e. The first kappa shape index (κ1) is 19.7. The summed E-state index contributed by atoms with van der Waals surface area (Å²) < 4.78 is 12.3. The van der Waals surface area contributed by atoms with Crippen molar-refractivity contribution >= 4 is 17.5 Å². The van der Waals surface area contributed by atoms with Gasteiger partial charge < -0.3 is 14.8 Å². The zero-order chi connectivity index (χ0) is 21.4. The highest BCUT2D eigenvalue weighted by Gasteiger charge is 2.36. The zero-order valence-corrected chi connectivity index (χ0v) is 17.4. The number of carbonyl (C=O) groups is 2. The van der Waals surface area contributed by atoms with Crippen molar-refractivity contribution in [1.29, 1.82) is 0 Å². The molecule has 0 radical (unpaired) electrons. The van der Waals surface area contributed by atoms with Crippen LogP contribution in [-0.4, -0.2) is 35.7 Å². The lowest BCUT2D eigenvalue weighted by atomic mass is 9.85. The summed E-state index contributed by atoms with van der Waals surface area (Å²) in [6.07, 6.45) is 0.0699. The third-order valence-corrected chi connectivity index (χ3v) is 5.43. The summed E-state index contributed by atoms with van der Waals surface area (Å²) in [6, 6.07) is 12.8. The number of carbonyl (C=O) groups excluding carboxylic acids is 2. The van der Waals surface area contributed by atoms with Gasteiger partial charge in [0.05, 0.1) is 31.5 Å². The molecule has 1 aliphatic rings. The number of Topliss-reactive ketones (excluding diaryl/α,β-unsaturated/α-hetero) is 1. The van der Waals surface area contributed by atoms with E-state index in [2.05, 4.69) is 10.4 Å². The zero-order valence-electron chi connectivity index (χ0n) is 17.4. The molecule has 1 aromatic heterocycles. The van der Waals surface area contributed by atoms with Gasteiger partial charge in [0, 0.05) is 17.5 Å². The number of hydrogen-bond donors (Lipinski definition) is 1. The molecule has 1 unspecified atom stereocenters. The average molecular weight is 405 g/mol. The first-order valence-electron chi connectivity index (χ1n) is 9.66. The van der Waals surface area contributed by atoms with Crippen molar-refractivity contribution < 1.29 is 19.1 Å². The minimum absolute atomic E-state index is 0.0699. The average Bonchev–Trinajstić information content (AvgIpc) is 3.08. The maximum absolute atomic E-state index is 13.4. The molecule has 0 aliphatic carbocycles. The molecule has 1 aliphatic heterocycles. The van der Waals surface area contributed by atoms with Gasteiger partial charge in [-0.3, -0.25) is 9.59 Å². The van der Waals surface area contributed by atoms with E-state index in [1.807, 2.05) is 38.1 Å². The third kappa shape index (κ3) is 3.22. The largest absolute Gasteiger partial charge is 0.493 e. The van der Waals surface area contributed by atoms with Gasteiger partial charge in [0.15, 0.2) is 17.3 Å². The van der Waals surface area contributed by atoms with E-state index in [-0.39, 0.29) is 18.1 Å². The van der Waals surface area contributed by atoms with Crippen LogP contribution in [0, 0.1) is 13.8 Å². The van der Waals surface area contributed by atoms with Crippen molar-refractivity contribution in [3.05, 3.63) is 64.8 Å². The highest BCUT2D eigenvalue weighted by Crippen LogP contribution is 2.39. The number of methoxy groups -OCH3 is 2. The lowest BCUT2D eigenvalue weighted by Crippen LogP contribution is -2.28. The van der Waals surface area contributed by atoms with Crippen LogP contribution in [0.3, 0.4) is 0 Å². The van der Waals surface area contributed by atoms with Gasteiger partial charge in [-0.05, 0) is 43.7 Å². The van der Waals surface area contributed by atoms with E-state index in [0.717, 1.165) is 16.8 Å². The molecule has 30 heavy (non-hydrogen) atoms. The molecule has 2 aromatic carbocycles. The number of rotatable bonds is 5. The van der Waals surface area contributed by atoms with Gasteiger partial charge in [-0.2, -0.15) is 5.10 Å². The van der Waals surface area contributed by atoms with Crippen molar-refractivity contribution in [2.24, 2.45) is 0 Å². The molecular weight excluding hydrogens is 382 g/mol. The molecule has 1 N–H and O–H groups in total. The van der Waals surface area contributed by atoms with Gasteiger partial charge in [-0.15, -0.1) is 0 Å². The molecule has 0 saturated carbocycles. The van der Waals surface area contributed by atoms with Crippen LogP contribution in [0.4, 0.5) is 5.82 Å². The van der Waals surface area contributed by atoms with Gasteiger partial charge in [-0.1, -0.05) is 18.2 Å². The Bertz CT molecular complexity index is 1150. The number of nitrogens with one attached hydrogen (secondary N) is 1. The maximum Gasteiger partial charge on any atom is 0.226 e. The van der Waals surface area contributed by atoms with Crippen LogP contribution in [0.25, 0.3) is 5.69 Å². The van der Waals surface area contributed by atoms with Crippen molar-refractivity contribution in [3.63, 3.8) is 0 Å². The molecule has 7 heteroatoms. The lowest BCUT2D eigenvalue weighted by molar-refractivity contribution is -0.116. The molecule has 1 amide bonds. The topological polar surface area (TPSA) is 82.5 Å². The monoisotopic (exact) mass is 405 g/mol. The molecule has 3 aromatic rings. The fraction of sp³-hybridized carbons (Fsp3) is 0.261. The number of aromatic nitrogens is 2. The van der Waals surface area contributed by atoms with E-state index in [0.29, 0.717) is 28.6 Å². The van der Waals surface area contributed by atoms with Crippen molar-refractivity contribution in [2.45, 2.75) is 26.2 Å². The van der Waals surface area contributed by atoms with Crippen LogP contribution in [0.2, 0.25) is 0 Å². The standard InChI is InChI=1S/C23H23N3O4/c1-13-7-5-6-8-17(13)26-23-21(14(2)25-26)16(12-20(27)24-23)22(28)15-9-10-18(29-3)19(11-15)30-4/h5-11,16H,12H2,1-4H3,(H,24,27). The number of hydrogen-bond acceptors (Lipinski definition) is 5. The number of para-hydroxylation sites is 1. The number of ketones is 1. The van der Waals surface area contributed by atoms with Crippen LogP contribution in [0.1, 0.15) is 39.5 Å². The molecule has 0 saturated heterocycles. The summed E-state index contributed by atoms with van der Waals surface area (Å²) in [4.78, 5) is 26.0. The Kier molecular flexibility index (Phi) is 5.03. The van der Waals surface area contributed by atoms with Crippen LogP contribution >= 0.6 is 0 Å². The van der Waals surface area contributed by atoms with Crippen molar-refractivity contribution in [3.8, 4) is 17.2 Å². The third-order valence-electron chi connectivity index (χ3n) is 5.43. The fourth-order valence-electron chi connectivity index (χ4n) is 3.94. The van der Waals surface area contributed by atoms with E-state index in [1.165, 1.54) is 7.11 Å². The summed E-state index contributed by atoms with van der Waals surface area (Å²) in [7, 11) is 3.06. The number of benzene rings is 2. The van der Waals surface area contributed by atoms with E-state index in [1.54, 1.807) is 30.0 Å². The second-order valence-electron chi connectivity index (χ2n) is 7.28. The predicted octanol–water partition coefficient (Wildman–Crippen LogP) is 3.82. The molecule has 0 bridgehead atoms. The fourth-order valence-corrected chi connectivity index (χ4v) is 3.94. The Balaban J connectivity index is 1.81. The van der Waals surface area contributed by atoms with Crippen molar-refractivity contribution in [1.82, 2.24) is 9.78 Å².